The van der Waals surface area contributed by atoms with Crippen LogP contribution in [-0.2, 0) is 4.79 Å². The van der Waals surface area contributed by atoms with E-state index in [2.05, 4.69) is 10.3 Å². The van der Waals surface area contributed by atoms with Crippen LogP contribution in [0.5, 0.6) is 0 Å². The lowest BCUT2D eigenvalue weighted by molar-refractivity contribution is -0.120. The van der Waals surface area contributed by atoms with Crippen molar-refractivity contribution >= 4 is 28.8 Å². The highest BCUT2D eigenvalue weighted by Crippen LogP contribution is 2.23. The maximum atomic E-state index is 11.0. The van der Waals surface area contributed by atoms with Crippen LogP contribution in [0.3, 0.4) is 0 Å². The first-order chi connectivity index (χ1) is 6.15. The third-order valence-electron chi connectivity index (χ3n) is 1.44. The lowest BCUT2D eigenvalue weighted by Gasteiger charge is -2.09. The van der Waals surface area contributed by atoms with E-state index >= 15 is 0 Å². The zero-order chi connectivity index (χ0) is 9.84. The number of halogens is 1. The SMILES string of the molecule is CCNC(C(N)=O)c1ncc(Cl)s1. The summed E-state index contributed by atoms with van der Waals surface area (Å²) in [7, 11) is 0. The van der Waals surface area contributed by atoms with E-state index in [-0.39, 0.29) is 0 Å². The summed E-state index contributed by atoms with van der Waals surface area (Å²) in [5.74, 6) is -0.437. The number of nitrogens with two attached hydrogens (primary N) is 1. The fourth-order valence-corrected chi connectivity index (χ4v) is 1.93. The van der Waals surface area contributed by atoms with Gasteiger partial charge in [0.15, 0.2) is 0 Å². The zero-order valence-electron chi connectivity index (χ0n) is 7.08. The highest BCUT2D eigenvalue weighted by Gasteiger charge is 2.19. The molecular weight excluding hydrogens is 210 g/mol. The van der Waals surface area contributed by atoms with Crippen molar-refractivity contribution in [3.63, 3.8) is 0 Å². The van der Waals surface area contributed by atoms with E-state index in [9.17, 15) is 4.79 Å². The smallest absolute Gasteiger partial charge is 0.241 e. The van der Waals surface area contributed by atoms with Crippen molar-refractivity contribution < 1.29 is 4.79 Å². The minimum absolute atomic E-state index is 0.437. The van der Waals surface area contributed by atoms with Gasteiger partial charge >= 0.3 is 0 Å². The Morgan fingerprint density at radius 2 is 2.62 bits per heavy atom. The third kappa shape index (κ3) is 2.65. The average molecular weight is 220 g/mol. The molecular formula is C7H10ClN3OS. The topological polar surface area (TPSA) is 68.0 Å². The van der Waals surface area contributed by atoms with Crippen molar-refractivity contribution in [2.24, 2.45) is 5.73 Å². The van der Waals surface area contributed by atoms with Crippen LogP contribution < -0.4 is 11.1 Å². The molecule has 1 aromatic heterocycles. The van der Waals surface area contributed by atoms with Crippen LogP contribution in [0.15, 0.2) is 6.20 Å². The fraction of sp³-hybridized carbons (Fsp3) is 0.429. The Bertz CT molecular complexity index is 302. The summed E-state index contributed by atoms with van der Waals surface area (Å²) in [6.07, 6.45) is 1.51. The van der Waals surface area contributed by atoms with Gasteiger partial charge in [-0.15, -0.1) is 11.3 Å². The van der Waals surface area contributed by atoms with Gasteiger partial charge in [0.05, 0.1) is 6.20 Å². The van der Waals surface area contributed by atoms with Crippen LogP contribution in [0, 0.1) is 0 Å². The molecule has 0 aliphatic heterocycles. The Balaban J connectivity index is 2.81. The van der Waals surface area contributed by atoms with Crippen molar-refractivity contribution in [3.8, 4) is 0 Å². The number of rotatable bonds is 4. The van der Waals surface area contributed by atoms with E-state index in [4.69, 9.17) is 17.3 Å². The second-order valence-electron chi connectivity index (χ2n) is 2.40. The largest absolute Gasteiger partial charge is 0.368 e. The number of nitrogens with zero attached hydrogens (tertiary/aromatic N) is 1. The van der Waals surface area contributed by atoms with Crippen LogP contribution >= 0.6 is 22.9 Å². The summed E-state index contributed by atoms with van der Waals surface area (Å²) in [6.45, 7) is 2.55. The minimum Gasteiger partial charge on any atom is -0.368 e. The van der Waals surface area contributed by atoms with Gasteiger partial charge in [0.2, 0.25) is 5.91 Å². The number of amides is 1. The Hall–Kier alpha value is -0.650. The Labute approximate surface area is 85.1 Å². The maximum Gasteiger partial charge on any atom is 0.241 e. The first-order valence-corrected chi connectivity index (χ1v) is 4.98. The molecule has 0 aliphatic rings. The van der Waals surface area contributed by atoms with Gasteiger partial charge in [0.1, 0.15) is 15.4 Å². The molecule has 3 N–H and O–H groups in total. The van der Waals surface area contributed by atoms with Crippen LogP contribution in [0.25, 0.3) is 0 Å². The molecule has 1 atom stereocenters. The molecule has 6 heteroatoms. The van der Waals surface area contributed by atoms with Gasteiger partial charge in [0.25, 0.3) is 0 Å². The molecule has 13 heavy (non-hydrogen) atoms. The van der Waals surface area contributed by atoms with E-state index in [1.54, 1.807) is 0 Å². The first-order valence-electron chi connectivity index (χ1n) is 3.79. The van der Waals surface area contributed by atoms with E-state index in [1.165, 1.54) is 17.5 Å². The Morgan fingerprint density at radius 3 is 3.00 bits per heavy atom. The summed E-state index contributed by atoms with van der Waals surface area (Å²) in [5, 5.41) is 3.54. The molecule has 1 rings (SSSR count). The number of carbonyl (C=O) groups is 1. The molecule has 4 nitrogen and oxygen atoms in total. The second kappa shape index (κ2) is 4.55. The van der Waals surface area contributed by atoms with Crippen LogP contribution in [0.1, 0.15) is 18.0 Å². The first kappa shape index (κ1) is 10.4. The molecule has 0 fully saturated rings. The van der Waals surface area contributed by atoms with Crippen LogP contribution in [0.2, 0.25) is 4.34 Å². The number of thiazole rings is 1. The number of nitrogens with one attached hydrogen (secondary N) is 1. The van der Waals surface area contributed by atoms with Gasteiger partial charge in [-0.25, -0.2) is 4.98 Å². The molecule has 0 spiro atoms. The number of likely N-dealkylation sites (N-methyl/N-ethyl adjacent to an activating group) is 1. The molecule has 0 aromatic carbocycles. The molecule has 0 radical (unpaired) electrons. The van der Waals surface area contributed by atoms with Crippen LogP contribution in [-0.4, -0.2) is 17.4 Å². The number of carbonyl (C=O) groups excluding carboxylic acids is 1. The van der Waals surface area contributed by atoms with Gasteiger partial charge in [-0.3, -0.25) is 4.79 Å². The number of aromatic nitrogens is 1. The molecule has 0 saturated heterocycles. The van der Waals surface area contributed by atoms with Gasteiger partial charge in [-0.2, -0.15) is 0 Å². The normalized spacial score (nSPS) is 12.8. The lowest BCUT2D eigenvalue weighted by Crippen LogP contribution is -2.33. The monoisotopic (exact) mass is 219 g/mol. The summed E-state index contributed by atoms with van der Waals surface area (Å²) in [5.41, 5.74) is 5.19. The fourth-order valence-electron chi connectivity index (χ4n) is 0.914. The summed E-state index contributed by atoms with van der Waals surface area (Å²) in [6, 6.07) is -0.525. The van der Waals surface area contributed by atoms with Crippen molar-refractivity contribution in [1.29, 1.82) is 0 Å². The van der Waals surface area contributed by atoms with Gasteiger partial charge in [-0.05, 0) is 6.54 Å². The summed E-state index contributed by atoms with van der Waals surface area (Å²) in [4.78, 5) is 15.0. The molecule has 1 aromatic rings. The average Bonchev–Trinajstić information content (AvgIpc) is 2.46. The van der Waals surface area contributed by atoms with E-state index in [0.29, 0.717) is 15.9 Å². The number of hydrogen-bond donors (Lipinski definition) is 2. The van der Waals surface area contributed by atoms with Crippen molar-refractivity contribution in [3.05, 3.63) is 15.5 Å². The van der Waals surface area contributed by atoms with E-state index < -0.39 is 11.9 Å². The molecule has 0 saturated carbocycles. The van der Waals surface area contributed by atoms with Gasteiger partial charge < -0.3 is 11.1 Å². The Kier molecular flexibility index (Phi) is 3.65. The van der Waals surface area contributed by atoms with Gasteiger partial charge in [-0.1, -0.05) is 18.5 Å². The van der Waals surface area contributed by atoms with Crippen LogP contribution in [0.4, 0.5) is 0 Å². The van der Waals surface area contributed by atoms with E-state index in [0.717, 1.165) is 0 Å². The quantitative estimate of drug-likeness (QED) is 0.792. The second-order valence-corrected chi connectivity index (χ2v) is 4.09. The predicted molar refractivity (Wildman–Crippen MR) is 52.7 cm³/mol. The molecule has 0 aliphatic carbocycles. The Morgan fingerprint density at radius 1 is 1.92 bits per heavy atom. The number of hydrogen-bond acceptors (Lipinski definition) is 4. The summed E-state index contributed by atoms with van der Waals surface area (Å²) < 4.78 is 0.555. The highest BCUT2D eigenvalue weighted by atomic mass is 35.5. The van der Waals surface area contributed by atoms with Crippen molar-refractivity contribution in [2.45, 2.75) is 13.0 Å². The van der Waals surface area contributed by atoms with E-state index in [1.807, 2.05) is 6.92 Å². The van der Waals surface area contributed by atoms with Crippen molar-refractivity contribution in [1.82, 2.24) is 10.3 Å². The summed E-state index contributed by atoms with van der Waals surface area (Å²) >= 11 is 6.94. The van der Waals surface area contributed by atoms with Crippen molar-refractivity contribution in [2.75, 3.05) is 6.54 Å². The number of primary amides is 1. The molecule has 72 valence electrons. The molecule has 1 heterocycles. The molecule has 0 bridgehead atoms. The van der Waals surface area contributed by atoms with Gasteiger partial charge in [0, 0.05) is 0 Å². The maximum absolute atomic E-state index is 11.0. The predicted octanol–water partition coefficient (Wildman–Crippen LogP) is 0.932. The highest BCUT2D eigenvalue weighted by molar-refractivity contribution is 7.16. The molecule has 1 amide bonds. The lowest BCUT2D eigenvalue weighted by atomic mass is 10.3. The minimum atomic E-state index is -0.525. The third-order valence-corrected chi connectivity index (χ3v) is 2.61. The standard InChI is InChI=1S/C7H10ClN3OS/c1-2-10-5(6(9)12)7-11-3-4(8)13-7/h3,5,10H,2H2,1H3,(H2,9,12). The molecule has 1 unspecified atom stereocenters. The zero-order valence-corrected chi connectivity index (χ0v) is 8.65.